The van der Waals surface area contributed by atoms with Crippen LogP contribution >= 0.6 is 23.2 Å². The fraction of sp³-hybridized carbons (Fsp3) is 1.00. The molecule has 0 heterocycles. The molecule has 0 aliphatic heterocycles. The van der Waals surface area contributed by atoms with Gasteiger partial charge >= 0.3 is 0 Å². The molecular weight excluding hydrogens is 171 g/mol. The number of rotatable bonds is 5. The SMILES string of the molecule is CCCCC(Cl)(Cl)OCC. The zero-order valence-electron chi connectivity index (χ0n) is 6.49. The summed E-state index contributed by atoms with van der Waals surface area (Å²) in [7, 11) is 0. The molecule has 0 N–H and O–H groups in total. The third kappa shape index (κ3) is 5.33. The van der Waals surface area contributed by atoms with E-state index in [1.165, 1.54) is 0 Å². The second kappa shape index (κ2) is 5.22. The summed E-state index contributed by atoms with van der Waals surface area (Å²) in [6.45, 7) is 4.54. The minimum Gasteiger partial charge on any atom is -0.347 e. The van der Waals surface area contributed by atoms with E-state index in [1.54, 1.807) is 0 Å². The maximum absolute atomic E-state index is 5.76. The van der Waals surface area contributed by atoms with Crippen LogP contribution < -0.4 is 0 Å². The molecule has 0 aromatic carbocycles. The van der Waals surface area contributed by atoms with Gasteiger partial charge in [0.15, 0.2) is 0 Å². The molecule has 0 fully saturated rings. The molecule has 0 atom stereocenters. The molecule has 1 nitrogen and oxygen atoms in total. The van der Waals surface area contributed by atoms with E-state index in [0.29, 0.717) is 13.0 Å². The number of alkyl halides is 2. The molecule has 0 radical (unpaired) electrons. The van der Waals surface area contributed by atoms with E-state index in [4.69, 9.17) is 27.9 Å². The van der Waals surface area contributed by atoms with Gasteiger partial charge in [-0.05, 0) is 13.3 Å². The van der Waals surface area contributed by atoms with Gasteiger partial charge in [0.2, 0.25) is 4.52 Å². The highest BCUT2D eigenvalue weighted by molar-refractivity contribution is 6.47. The van der Waals surface area contributed by atoms with Gasteiger partial charge in [0, 0.05) is 13.0 Å². The maximum atomic E-state index is 5.76. The molecule has 0 amide bonds. The van der Waals surface area contributed by atoms with E-state index >= 15 is 0 Å². The van der Waals surface area contributed by atoms with E-state index < -0.39 is 4.52 Å². The number of hydrogen-bond donors (Lipinski definition) is 0. The van der Waals surface area contributed by atoms with Crippen molar-refractivity contribution in [3.8, 4) is 0 Å². The molecule has 0 spiro atoms. The maximum Gasteiger partial charge on any atom is 0.217 e. The lowest BCUT2D eigenvalue weighted by Crippen LogP contribution is -2.17. The Morgan fingerprint density at radius 2 is 1.90 bits per heavy atom. The van der Waals surface area contributed by atoms with Crippen LogP contribution in [0.4, 0.5) is 0 Å². The van der Waals surface area contributed by atoms with Crippen LogP contribution in [-0.4, -0.2) is 11.1 Å². The highest BCUT2D eigenvalue weighted by atomic mass is 35.5. The highest BCUT2D eigenvalue weighted by Crippen LogP contribution is 2.28. The quantitative estimate of drug-likeness (QED) is 0.597. The minimum absolute atomic E-state index is 0.566. The van der Waals surface area contributed by atoms with Gasteiger partial charge in [-0.3, -0.25) is 0 Å². The van der Waals surface area contributed by atoms with Gasteiger partial charge in [0.1, 0.15) is 0 Å². The molecule has 62 valence electrons. The number of ether oxygens (including phenoxy) is 1. The Bertz CT molecular complexity index is 83.7. The van der Waals surface area contributed by atoms with Gasteiger partial charge in [-0.2, -0.15) is 0 Å². The molecular formula is C7H14Cl2O. The molecule has 0 aromatic heterocycles. The van der Waals surface area contributed by atoms with Crippen molar-refractivity contribution < 1.29 is 4.74 Å². The first kappa shape index (κ1) is 10.5. The summed E-state index contributed by atoms with van der Waals surface area (Å²) in [5, 5.41) is 0. The van der Waals surface area contributed by atoms with Crippen LogP contribution in [0.15, 0.2) is 0 Å². The first-order valence-corrected chi connectivity index (χ1v) is 4.39. The molecule has 0 bridgehead atoms. The smallest absolute Gasteiger partial charge is 0.217 e. The second-order valence-corrected chi connectivity index (χ2v) is 3.59. The monoisotopic (exact) mass is 184 g/mol. The van der Waals surface area contributed by atoms with Gasteiger partial charge in [-0.15, -0.1) is 0 Å². The molecule has 0 aromatic rings. The van der Waals surface area contributed by atoms with E-state index in [-0.39, 0.29) is 0 Å². The highest BCUT2D eigenvalue weighted by Gasteiger charge is 2.22. The molecule has 3 heteroatoms. The number of hydrogen-bond acceptors (Lipinski definition) is 1. The average Bonchev–Trinajstić information content (AvgIpc) is 1.84. The largest absolute Gasteiger partial charge is 0.347 e. The Hall–Kier alpha value is 0.540. The summed E-state index contributed by atoms with van der Waals surface area (Å²) < 4.78 is 4.11. The predicted molar refractivity (Wildman–Crippen MR) is 45.6 cm³/mol. The van der Waals surface area contributed by atoms with Crippen molar-refractivity contribution in [1.82, 2.24) is 0 Å². The molecule has 0 unspecified atom stereocenters. The number of halogens is 2. The first-order valence-electron chi connectivity index (χ1n) is 3.64. The van der Waals surface area contributed by atoms with Crippen LogP contribution in [0.25, 0.3) is 0 Å². The third-order valence-corrected chi connectivity index (χ3v) is 1.77. The van der Waals surface area contributed by atoms with Crippen molar-refractivity contribution in [2.24, 2.45) is 0 Å². The summed E-state index contributed by atoms with van der Waals surface area (Å²) in [6, 6.07) is 0. The fourth-order valence-electron chi connectivity index (χ4n) is 0.666. The van der Waals surface area contributed by atoms with E-state index in [2.05, 4.69) is 6.92 Å². The van der Waals surface area contributed by atoms with Crippen LogP contribution in [0, 0.1) is 0 Å². The Kier molecular flexibility index (Phi) is 5.51. The standard InChI is InChI=1S/C7H14Cl2O/c1-3-5-6-7(8,9)10-4-2/h3-6H2,1-2H3. The van der Waals surface area contributed by atoms with Gasteiger partial charge in [-0.25, -0.2) is 0 Å². The van der Waals surface area contributed by atoms with Crippen molar-refractivity contribution in [2.75, 3.05) is 6.61 Å². The Balaban J connectivity index is 3.42. The zero-order valence-corrected chi connectivity index (χ0v) is 8.00. The molecule has 0 aliphatic carbocycles. The Labute approximate surface area is 72.6 Å². The zero-order chi connectivity index (χ0) is 8.04. The summed E-state index contributed by atoms with van der Waals surface area (Å²) >= 11 is 11.5. The summed E-state index contributed by atoms with van der Waals surface area (Å²) in [5.41, 5.74) is 0. The van der Waals surface area contributed by atoms with Crippen LogP contribution in [0.2, 0.25) is 0 Å². The predicted octanol–water partition coefficient (Wildman–Crippen LogP) is 3.34. The average molecular weight is 185 g/mol. The molecule has 0 aliphatic rings. The van der Waals surface area contributed by atoms with Crippen LogP contribution in [-0.2, 0) is 4.74 Å². The van der Waals surface area contributed by atoms with E-state index in [1.807, 2.05) is 6.92 Å². The van der Waals surface area contributed by atoms with Crippen LogP contribution in [0.3, 0.4) is 0 Å². The lowest BCUT2D eigenvalue weighted by atomic mass is 10.3. The van der Waals surface area contributed by atoms with Crippen molar-refractivity contribution in [3.05, 3.63) is 0 Å². The second-order valence-electron chi connectivity index (χ2n) is 2.17. The fourth-order valence-corrected chi connectivity index (χ4v) is 1.15. The topological polar surface area (TPSA) is 9.23 Å². The van der Waals surface area contributed by atoms with Crippen molar-refractivity contribution in [1.29, 1.82) is 0 Å². The Morgan fingerprint density at radius 3 is 2.30 bits per heavy atom. The lowest BCUT2D eigenvalue weighted by molar-refractivity contribution is 0.0812. The molecule has 0 rings (SSSR count). The van der Waals surface area contributed by atoms with E-state index in [9.17, 15) is 0 Å². The van der Waals surface area contributed by atoms with Gasteiger partial charge in [0.25, 0.3) is 0 Å². The number of unbranched alkanes of at least 4 members (excludes halogenated alkanes) is 1. The van der Waals surface area contributed by atoms with Gasteiger partial charge < -0.3 is 4.74 Å². The van der Waals surface area contributed by atoms with Crippen LogP contribution in [0.1, 0.15) is 33.1 Å². The molecule has 10 heavy (non-hydrogen) atoms. The molecule has 0 saturated heterocycles. The molecule has 0 saturated carbocycles. The normalized spacial score (nSPS) is 12.0. The van der Waals surface area contributed by atoms with Crippen molar-refractivity contribution in [3.63, 3.8) is 0 Å². The Morgan fingerprint density at radius 1 is 1.30 bits per heavy atom. The summed E-state index contributed by atoms with van der Waals surface area (Å²) in [6.07, 6.45) is 2.81. The summed E-state index contributed by atoms with van der Waals surface area (Å²) in [5.74, 6) is 0. The van der Waals surface area contributed by atoms with E-state index in [0.717, 1.165) is 12.8 Å². The van der Waals surface area contributed by atoms with Crippen molar-refractivity contribution >= 4 is 23.2 Å². The summed E-state index contributed by atoms with van der Waals surface area (Å²) in [4.78, 5) is 0. The van der Waals surface area contributed by atoms with Gasteiger partial charge in [-0.1, -0.05) is 36.5 Å². The first-order chi connectivity index (χ1) is 4.62. The minimum atomic E-state index is -0.954. The third-order valence-electron chi connectivity index (χ3n) is 1.18. The lowest BCUT2D eigenvalue weighted by Gasteiger charge is -2.18. The van der Waals surface area contributed by atoms with Crippen LogP contribution in [0.5, 0.6) is 0 Å². The van der Waals surface area contributed by atoms with Crippen molar-refractivity contribution in [2.45, 2.75) is 37.6 Å². The van der Waals surface area contributed by atoms with Gasteiger partial charge in [0.05, 0.1) is 0 Å².